The minimum Gasteiger partial charge on any atom is -0.391 e. The second-order valence-electron chi connectivity index (χ2n) is 3.85. The van der Waals surface area contributed by atoms with Crippen LogP contribution in [0.25, 0.3) is 0 Å². The van der Waals surface area contributed by atoms with E-state index in [1.807, 2.05) is 24.3 Å². The lowest BCUT2D eigenvalue weighted by molar-refractivity contribution is 0.162. The fourth-order valence-electron chi connectivity index (χ4n) is 1.51. The molecule has 14 heavy (non-hydrogen) atoms. The molecule has 1 aliphatic rings. The second kappa shape index (κ2) is 3.73. The summed E-state index contributed by atoms with van der Waals surface area (Å²) in [6.45, 7) is 0. The lowest BCUT2D eigenvalue weighted by Gasteiger charge is -2.16. The zero-order valence-electron chi connectivity index (χ0n) is 7.71. The van der Waals surface area contributed by atoms with Crippen molar-refractivity contribution in [2.45, 2.75) is 30.2 Å². The fraction of sp³-hybridized carbons (Fsp3) is 0.455. The number of rotatable bonds is 3. The van der Waals surface area contributed by atoms with Crippen molar-refractivity contribution < 1.29 is 5.11 Å². The molecule has 0 radical (unpaired) electrons. The van der Waals surface area contributed by atoms with Crippen molar-refractivity contribution in [3.05, 3.63) is 34.9 Å². The summed E-state index contributed by atoms with van der Waals surface area (Å²) in [6.07, 6.45) is 1.87. The van der Waals surface area contributed by atoms with Crippen molar-refractivity contribution in [1.82, 2.24) is 0 Å². The van der Waals surface area contributed by atoms with Crippen LogP contribution in [0, 0.1) is 0 Å². The molecule has 1 N–H and O–H groups in total. The Labute approximate surface area is 93.7 Å². The molecule has 2 rings (SSSR count). The van der Waals surface area contributed by atoms with Crippen molar-refractivity contribution >= 4 is 23.2 Å². The average Bonchev–Trinajstić information content (AvgIpc) is 2.89. The SMILES string of the molecule is OC(Cc1ccccc1Cl)C1(Cl)CC1. The van der Waals surface area contributed by atoms with Crippen molar-refractivity contribution in [2.75, 3.05) is 0 Å². The highest BCUT2D eigenvalue weighted by atomic mass is 35.5. The maximum absolute atomic E-state index is 9.84. The molecule has 76 valence electrons. The van der Waals surface area contributed by atoms with E-state index in [9.17, 15) is 5.11 Å². The molecule has 0 spiro atoms. The predicted molar refractivity (Wildman–Crippen MR) is 59.0 cm³/mol. The van der Waals surface area contributed by atoms with Gasteiger partial charge in [0.15, 0.2) is 0 Å². The molecule has 0 aromatic heterocycles. The van der Waals surface area contributed by atoms with E-state index in [1.54, 1.807) is 0 Å². The van der Waals surface area contributed by atoms with Gasteiger partial charge < -0.3 is 5.11 Å². The van der Waals surface area contributed by atoms with Gasteiger partial charge in [-0.1, -0.05) is 29.8 Å². The highest BCUT2D eigenvalue weighted by Gasteiger charge is 2.47. The first-order valence-corrected chi connectivity index (χ1v) is 5.48. The summed E-state index contributed by atoms with van der Waals surface area (Å²) in [7, 11) is 0. The summed E-state index contributed by atoms with van der Waals surface area (Å²) in [5, 5.41) is 10.5. The molecule has 1 aromatic carbocycles. The molecule has 0 bridgehead atoms. The van der Waals surface area contributed by atoms with Crippen LogP contribution in [0.15, 0.2) is 24.3 Å². The van der Waals surface area contributed by atoms with Crippen LogP contribution in [0.4, 0.5) is 0 Å². The lowest BCUT2D eigenvalue weighted by atomic mass is 10.0. The lowest BCUT2D eigenvalue weighted by Crippen LogP contribution is -2.24. The van der Waals surface area contributed by atoms with Crippen LogP contribution >= 0.6 is 23.2 Å². The van der Waals surface area contributed by atoms with E-state index in [0.29, 0.717) is 11.4 Å². The molecular formula is C11H12Cl2O. The van der Waals surface area contributed by atoms with Gasteiger partial charge in [-0.05, 0) is 24.5 Å². The summed E-state index contributed by atoms with van der Waals surface area (Å²) in [4.78, 5) is -0.376. The molecule has 0 heterocycles. The van der Waals surface area contributed by atoms with Crippen molar-refractivity contribution in [3.63, 3.8) is 0 Å². The third kappa shape index (κ3) is 2.05. The number of halogens is 2. The highest BCUT2D eigenvalue weighted by Crippen LogP contribution is 2.46. The summed E-state index contributed by atoms with van der Waals surface area (Å²) >= 11 is 12.1. The number of benzene rings is 1. The molecule has 1 aromatic rings. The monoisotopic (exact) mass is 230 g/mol. The van der Waals surface area contributed by atoms with Gasteiger partial charge in [0, 0.05) is 11.4 Å². The minimum absolute atomic E-state index is 0.376. The van der Waals surface area contributed by atoms with Gasteiger partial charge in [0.1, 0.15) is 0 Å². The van der Waals surface area contributed by atoms with Crippen LogP contribution in [-0.4, -0.2) is 16.1 Å². The zero-order chi connectivity index (χ0) is 10.2. The van der Waals surface area contributed by atoms with E-state index in [0.717, 1.165) is 18.4 Å². The Morgan fingerprint density at radius 2 is 2.00 bits per heavy atom. The number of alkyl halides is 1. The van der Waals surface area contributed by atoms with Gasteiger partial charge >= 0.3 is 0 Å². The van der Waals surface area contributed by atoms with Crippen molar-refractivity contribution in [1.29, 1.82) is 0 Å². The minimum atomic E-state index is -0.482. The molecule has 0 saturated heterocycles. The molecule has 1 atom stereocenters. The number of hydrogen-bond acceptors (Lipinski definition) is 1. The number of aliphatic hydroxyl groups excluding tert-OH is 1. The van der Waals surface area contributed by atoms with Crippen molar-refractivity contribution in [2.24, 2.45) is 0 Å². The normalized spacial score (nSPS) is 20.5. The van der Waals surface area contributed by atoms with Gasteiger partial charge in [0.2, 0.25) is 0 Å². The molecule has 1 saturated carbocycles. The highest BCUT2D eigenvalue weighted by molar-refractivity contribution is 6.31. The smallest absolute Gasteiger partial charge is 0.0772 e. The molecule has 1 nitrogen and oxygen atoms in total. The van der Waals surface area contributed by atoms with Crippen molar-refractivity contribution in [3.8, 4) is 0 Å². The van der Waals surface area contributed by atoms with E-state index in [1.165, 1.54) is 0 Å². The molecule has 1 aliphatic carbocycles. The largest absolute Gasteiger partial charge is 0.391 e. The predicted octanol–water partition coefficient (Wildman–Crippen LogP) is 3.01. The van der Waals surface area contributed by atoms with Gasteiger partial charge in [-0.15, -0.1) is 11.6 Å². The van der Waals surface area contributed by atoms with Gasteiger partial charge in [0.25, 0.3) is 0 Å². The summed E-state index contributed by atoms with van der Waals surface area (Å²) in [6, 6.07) is 7.55. The van der Waals surface area contributed by atoms with Gasteiger partial charge in [-0.25, -0.2) is 0 Å². The number of aliphatic hydroxyl groups is 1. The van der Waals surface area contributed by atoms with Gasteiger partial charge in [-0.2, -0.15) is 0 Å². The summed E-state index contributed by atoms with van der Waals surface area (Å²) in [5.74, 6) is 0. The van der Waals surface area contributed by atoms with E-state index in [4.69, 9.17) is 23.2 Å². The summed E-state index contributed by atoms with van der Waals surface area (Å²) in [5.41, 5.74) is 0.966. The first-order chi connectivity index (χ1) is 6.62. The maximum atomic E-state index is 9.84. The third-order valence-electron chi connectivity index (χ3n) is 2.70. The third-order valence-corrected chi connectivity index (χ3v) is 3.69. The van der Waals surface area contributed by atoms with Crippen LogP contribution in [0.1, 0.15) is 18.4 Å². The van der Waals surface area contributed by atoms with E-state index < -0.39 is 6.10 Å². The topological polar surface area (TPSA) is 20.2 Å². The zero-order valence-corrected chi connectivity index (χ0v) is 9.22. The Morgan fingerprint density at radius 1 is 1.36 bits per heavy atom. The number of hydrogen-bond donors (Lipinski definition) is 1. The molecular weight excluding hydrogens is 219 g/mol. The molecule has 3 heteroatoms. The van der Waals surface area contributed by atoms with Crippen LogP contribution < -0.4 is 0 Å². The first-order valence-electron chi connectivity index (χ1n) is 4.72. The molecule has 0 amide bonds. The average molecular weight is 231 g/mol. The summed E-state index contributed by atoms with van der Waals surface area (Å²) < 4.78 is 0. The Bertz CT molecular complexity index is 334. The van der Waals surface area contributed by atoms with Crippen LogP contribution in [0.2, 0.25) is 5.02 Å². The standard InChI is InChI=1S/C11H12Cl2O/c12-9-4-2-1-3-8(9)7-10(14)11(13)5-6-11/h1-4,10,14H,5-7H2. The second-order valence-corrected chi connectivity index (χ2v) is 5.01. The quantitative estimate of drug-likeness (QED) is 0.793. The van der Waals surface area contributed by atoms with Crippen LogP contribution in [-0.2, 0) is 6.42 Å². The van der Waals surface area contributed by atoms with Crippen LogP contribution in [0.3, 0.4) is 0 Å². The maximum Gasteiger partial charge on any atom is 0.0772 e. The van der Waals surface area contributed by atoms with Gasteiger partial charge in [0.05, 0.1) is 11.0 Å². The molecule has 1 unspecified atom stereocenters. The van der Waals surface area contributed by atoms with E-state index >= 15 is 0 Å². The van der Waals surface area contributed by atoms with E-state index in [2.05, 4.69) is 0 Å². The Hall–Kier alpha value is -0.240. The first kappa shape index (κ1) is 10.3. The Balaban J connectivity index is 2.07. The van der Waals surface area contributed by atoms with Gasteiger partial charge in [-0.3, -0.25) is 0 Å². The van der Waals surface area contributed by atoms with E-state index in [-0.39, 0.29) is 4.87 Å². The Kier molecular flexibility index (Phi) is 2.74. The molecule has 0 aliphatic heterocycles. The van der Waals surface area contributed by atoms with Crippen LogP contribution in [0.5, 0.6) is 0 Å². The fourth-order valence-corrected chi connectivity index (χ4v) is 1.89. The Morgan fingerprint density at radius 3 is 2.57 bits per heavy atom. The molecule has 1 fully saturated rings.